The molecule has 1 atom stereocenters. The number of esters is 1. The number of rotatable bonds is 5. The van der Waals surface area contributed by atoms with E-state index in [4.69, 9.17) is 11.6 Å². The topological polar surface area (TPSA) is 80.3 Å². The van der Waals surface area contributed by atoms with E-state index >= 15 is 0 Å². The molecule has 0 bridgehead atoms. The number of pyridine rings is 1. The van der Waals surface area contributed by atoms with Gasteiger partial charge in [-0.15, -0.1) is 0 Å². The van der Waals surface area contributed by atoms with Crippen molar-refractivity contribution in [3.63, 3.8) is 0 Å². The van der Waals surface area contributed by atoms with Crippen molar-refractivity contribution in [1.29, 1.82) is 0 Å². The highest BCUT2D eigenvalue weighted by Crippen LogP contribution is 2.28. The highest BCUT2D eigenvalue weighted by molar-refractivity contribution is 6.29. The van der Waals surface area contributed by atoms with Gasteiger partial charge in [0, 0.05) is 13.0 Å². The van der Waals surface area contributed by atoms with E-state index in [1.165, 1.54) is 0 Å². The Morgan fingerprint density at radius 2 is 2.05 bits per heavy atom. The summed E-state index contributed by atoms with van der Waals surface area (Å²) in [7, 11) is 0. The lowest BCUT2D eigenvalue weighted by molar-refractivity contribution is -0.145. The van der Waals surface area contributed by atoms with E-state index < -0.39 is 30.7 Å². The average molecular weight is 340 g/mol. The summed E-state index contributed by atoms with van der Waals surface area (Å²) in [5.41, 5.74) is -0.0707. The molecule has 0 fully saturated rings. The molecule has 0 radical (unpaired) electrons. The number of halogens is 4. The number of carbonyl (C=O) groups is 2. The third kappa shape index (κ3) is 5.76. The number of hydrogen-bond acceptors (Lipinski definition) is 5. The van der Waals surface area contributed by atoms with Crippen molar-refractivity contribution in [2.24, 2.45) is 0 Å². The van der Waals surface area contributed by atoms with Crippen molar-refractivity contribution < 1.29 is 27.5 Å². The van der Waals surface area contributed by atoms with Crippen LogP contribution in [-0.4, -0.2) is 35.7 Å². The van der Waals surface area contributed by atoms with Crippen LogP contribution in [0.15, 0.2) is 12.3 Å². The summed E-state index contributed by atoms with van der Waals surface area (Å²) in [5, 5.41) is 4.43. The van der Waals surface area contributed by atoms with E-state index in [-0.39, 0.29) is 16.5 Å². The molecular weight excluding hydrogens is 327 g/mol. The Hall–Kier alpha value is -2.03. The molecule has 1 aromatic rings. The van der Waals surface area contributed by atoms with Crippen LogP contribution in [0.25, 0.3) is 0 Å². The molecule has 6 nitrogen and oxygen atoms in total. The molecule has 10 heteroatoms. The Labute approximate surface area is 129 Å². The van der Waals surface area contributed by atoms with Crippen LogP contribution in [0.2, 0.25) is 5.15 Å². The van der Waals surface area contributed by atoms with Gasteiger partial charge in [-0.25, -0.2) is 4.98 Å². The van der Waals surface area contributed by atoms with Crippen molar-refractivity contribution in [2.45, 2.75) is 26.1 Å². The van der Waals surface area contributed by atoms with Gasteiger partial charge in [0.15, 0.2) is 6.61 Å². The lowest BCUT2D eigenvalue weighted by Crippen LogP contribution is -2.33. The average Bonchev–Trinajstić information content (AvgIpc) is 2.38. The van der Waals surface area contributed by atoms with E-state index in [0.29, 0.717) is 0 Å². The molecule has 0 saturated heterocycles. The molecule has 1 heterocycles. The van der Waals surface area contributed by atoms with Gasteiger partial charge >= 0.3 is 12.1 Å². The van der Waals surface area contributed by atoms with Crippen LogP contribution in [0, 0.1) is 0 Å². The number of aromatic nitrogens is 1. The molecule has 1 rings (SSSR count). The van der Waals surface area contributed by atoms with Crippen LogP contribution in [0.3, 0.4) is 0 Å². The first kappa shape index (κ1) is 18.0. The summed E-state index contributed by atoms with van der Waals surface area (Å²) in [6.45, 7) is 1.47. The number of alkyl halides is 3. The van der Waals surface area contributed by atoms with E-state index in [1.54, 1.807) is 0 Å². The van der Waals surface area contributed by atoms with Gasteiger partial charge in [-0.3, -0.25) is 9.59 Å². The minimum absolute atomic E-state index is 0.0161. The lowest BCUT2D eigenvalue weighted by Gasteiger charge is -2.20. The van der Waals surface area contributed by atoms with Gasteiger partial charge in [0.2, 0.25) is 0 Å². The zero-order valence-corrected chi connectivity index (χ0v) is 12.4. The molecule has 22 heavy (non-hydrogen) atoms. The molecule has 0 unspecified atom stereocenters. The Kier molecular flexibility index (Phi) is 5.98. The predicted octanol–water partition coefficient (Wildman–Crippen LogP) is 2.60. The Morgan fingerprint density at radius 3 is 2.59 bits per heavy atom. The summed E-state index contributed by atoms with van der Waals surface area (Å²) in [6, 6.07) is -0.722. The van der Waals surface area contributed by atoms with Crippen molar-refractivity contribution in [2.75, 3.05) is 17.2 Å². The van der Waals surface area contributed by atoms with Gasteiger partial charge in [0.05, 0.1) is 17.6 Å². The fourth-order valence-corrected chi connectivity index (χ4v) is 1.48. The van der Waals surface area contributed by atoms with Crippen LogP contribution in [0.4, 0.5) is 24.5 Å². The highest BCUT2D eigenvalue weighted by atomic mass is 35.5. The Balaban J connectivity index is 2.86. The zero-order valence-electron chi connectivity index (χ0n) is 11.6. The predicted molar refractivity (Wildman–Crippen MR) is 73.6 cm³/mol. The van der Waals surface area contributed by atoms with Crippen molar-refractivity contribution >= 4 is 34.9 Å². The molecule has 0 aliphatic rings. The number of nitrogens with zero attached hydrogens (tertiary/aromatic N) is 1. The number of hydrogen-bond donors (Lipinski definition) is 2. The standard InChI is InChI=1S/C12H13ClF3N3O3/c1-6(12(14,15)16)18-8-3-10(13)17-4-9(8)19-11(21)5-22-7(2)20/h3-4,6H,5H2,1-2H3,(H,17,18)(H,19,21)/t6-/m1/s1. The Bertz CT molecular complexity index is 566. The van der Waals surface area contributed by atoms with Crippen molar-refractivity contribution in [3.8, 4) is 0 Å². The minimum atomic E-state index is -4.48. The monoisotopic (exact) mass is 339 g/mol. The summed E-state index contributed by atoms with van der Waals surface area (Å²) < 4.78 is 42.2. The van der Waals surface area contributed by atoms with Gasteiger partial charge < -0.3 is 15.4 Å². The molecule has 122 valence electrons. The third-order valence-corrected chi connectivity index (χ3v) is 2.62. The number of carbonyl (C=O) groups excluding carboxylic acids is 2. The smallest absolute Gasteiger partial charge is 0.408 e. The van der Waals surface area contributed by atoms with Gasteiger partial charge in [-0.05, 0) is 6.92 Å². The fourth-order valence-electron chi connectivity index (χ4n) is 1.32. The summed E-state index contributed by atoms with van der Waals surface area (Å²) in [4.78, 5) is 25.8. The van der Waals surface area contributed by atoms with Crippen LogP contribution in [-0.2, 0) is 14.3 Å². The second-order valence-corrected chi connectivity index (χ2v) is 4.68. The van der Waals surface area contributed by atoms with Gasteiger partial charge in [0.25, 0.3) is 5.91 Å². The quantitative estimate of drug-likeness (QED) is 0.636. The molecule has 1 amide bonds. The molecule has 0 aromatic carbocycles. The number of nitrogens with one attached hydrogen (secondary N) is 2. The summed E-state index contributed by atoms with van der Waals surface area (Å²) in [6.07, 6.45) is -3.38. The van der Waals surface area contributed by atoms with Crippen molar-refractivity contribution in [1.82, 2.24) is 4.98 Å². The normalized spacial score (nSPS) is 12.5. The van der Waals surface area contributed by atoms with E-state index in [2.05, 4.69) is 20.4 Å². The number of anilines is 2. The maximum Gasteiger partial charge on any atom is 0.408 e. The summed E-state index contributed by atoms with van der Waals surface area (Å²) >= 11 is 5.64. The highest BCUT2D eigenvalue weighted by Gasteiger charge is 2.36. The summed E-state index contributed by atoms with van der Waals surface area (Å²) in [5.74, 6) is -1.38. The SMILES string of the molecule is CC(=O)OCC(=O)Nc1cnc(Cl)cc1N[C@H](C)C(F)(F)F. The molecule has 0 spiro atoms. The minimum Gasteiger partial charge on any atom is -0.456 e. The van der Waals surface area contributed by atoms with Crippen LogP contribution < -0.4 is 10.6 Å². The first-order valence-electron chi connectivity index (χ1n) is 6.01. The second kappa shape index (κ2) is 7.30. The molecule has 2 N–H and O–H groups in total. The Morgan fingerprint density at radius 1 is 1.41 bits per heavy atom. The first-order chi connectivity index (χ1) is 10.1. The third-order valence-electron chi connectivity index (χ3n) is 2.41. The van der Waals surface area contributed by atoms with Crippen LogP contribution >= 0.6 is 11.6 Å². The van der Waals surface area contributed by atoms with Gasteiger partial charge in [-0.1, -0.05) is 11.6 Å². The van der Waals surface area contributed by atoms with Crippen molar-refractivity contribution in [3.05, 3.63) is 17.4 Å². The molecular formula is C12H13ClF3N3O3. The maximum atomic E-state index is 12.6. The zero-order chi connectivity index (χ0) is 16.9. The second-order valence-electron chi connectivity index (χ2n) is 4.29. The number of amides is 1. The number of ether oxygens (including phenoxy) is 1. The van der Waals surface area contributed by atoms with E-state index in [0.717, 1.165) is 26.1 Å². The van der Waals surface area contributed by atoms with Crippen LogP contribution in [0.1, 0.15) is 13.8 Å². The first-order valence-corrected chi connectivity index (χ1v) is 6.39. The van der Waals surface area contributed by atoms with Gasteiger partial charge in [0.1, 0.15) is 11.2 Å². The molecule has 0 aliphatic carbocycles. The fraction of sp³-hybridized carbons (Fsp3) is 0.417. The molecule has 0 aliphatic heterocycles. The van der Waals surface area contributed by atoms with Gasteiger partial charge in [-0.2, -0.15) is 13.2 Å². The van der Waals surface area contributed by atoms with E-state index in [9.17, 15) is 22.8 Å². The maximum absolute atomic E-state index is 12.6. The largest absolute Gasteiger partial charge is 0.456 e. The molecule has 1 aromatic heterocycles. The van der Waals surface area contributed by atoms with Crippen LogP contribution in [0.5, 0.6) is 0 Å². The molecule has 0 saturated carbocycles. The lowest BCUT2D eigenvalue weighted by atomic mass is 10.2. The van der Waals surface area contributed by atoms with E-state index in [1.807, 2.05) is 0 Å².